The number of nitrogens with one attached hydrogen (secondary N) is 1. The van der Waals surface area contributed by atoms with Gasteiger partial charge in [0.15, 0.2) is 4.32 Å². The highest BCUT2D eigenvalue weighted by Crippen LogP contribution is 2.32. The molecule has 1 saturated heterocycles. The first-order valence-electron chi connectivity index (χ1n) is 9.71. The van der Waals surface area contributed by atoms with Gasteiger partial charge in [-0.2, -0.15) is 5.01 Å². The van der Waals surface area contributed by atoms with Crippen molar-refractivity contribution in [3.8, 4) is 5.75 Å². The topological polar surface area (TPSA) is 58.6 Å². The molecule has 1 heterocycles. The van der Waals surface area contributed by atoms with Gasteiger partial charge in [-0.3, -0.25) is 15.0 Å². The molecule has 0 atom stereocenters. The average Bonchev–Trinajstić information content (AvgIpc) is 3.07. The van der Waals surface area contributed by atoms with Gasteiger partial charge in [0.25, 0.3) is 11.8 Å². The molecule has 3 aromatic carbocycles. The van der Waals surface area contributed by atoms with Crippen molar-refractivity contribution in [3.05, 3.63) is 104 Å². The summed E-state index contributed by atoms with van der Waals surface area (Å²) >= 11 is 18.1. The number of hydrogen-bond donors (Lipinski definition) is 1. The van der Waals surface area contributed by atoms with E-state index in [0.717, 1.165) is 27.9 Å². The van der Waals surface area contributed by atoms with Gasteiger partial charge in [-0.1, -0.05) is 59.2 Å². The first-order valence-corrected chi connectivity index (χ1v) is 11.7. The molecule has 1 fully saturated rings. The molecule has 0 radical (unpaired) electrons. The molecule has 1 aliphatic heterocycles. The van der Waals surface area contributed by atoms with Crippen LogP contribution in [0.1, 0.15) is 21.5 Å². The van der Waals surface area contributed by atoms with Crippen molar-refractivity contribution >= 4 is 69.4 Å². The van der Waals surface area contributed by atoms with Crippen molar-refractivity contribution in [2.24, 2.45) is 0 Å². The lowest BCUT2D eigenvalue weighted by atomic mass is 10.2. The van der Waals surface area contributed by atoms with Crippen LogP contribution < -0.4 is 10.2 Å². The molecule has 166 valence electrons. The monoisotopic (exact) mass is 514 g/mol. The van der Waals surface area contributed by atoms with Gasteiger partial charge in [0.05, 0.1) is 4.91 Å². The third-order valence-electron chi connectivity index (χ3n) is 4.61. The summed E-state index contributed by atoms with van der Waals surface area (Å²) in [6.45, 7) is 0.419. The van der Waals surface area contributed by atoms with E-state index < -0.39 is 11.8 Å². The van der Waals surface area contributed by atoms with Gasteiger partial charge in [0.2, 0.25) is 0 Å². The molecule has 0 aliphatic carbocycles. The van der Waals surface area contributed by atoms with Crippen molar-refractivity contribution in [2.45, 2.75) is 6.61 Å². The minimum absolute atomic E-state index is 0.247. The zero-order valence-electron chi connectivity index (χ0n) is 17.0. The van der Waals surface area contributed by atoms with E-state index in [9.17, 15) is 9.59 Å². The van der Waals surface area contributed by atoms with Crippen LogP contribution in [0.2, 0.25) is 10.0 Å². The number of carbonyl (C=O) groups is 2. The van der Waals surface area contributed by atoms with E-state index in [1.807, 2.05) is 48.5 Å². The second-order valence-electron chi connectivity index (χ2n) is 6.95. The number of hydrogen-bond acceptors (Lipinski definition) is 5. The van der Waals surface area contributed by atoms with E-state index in [4.69, 9.17) is 40.2 Å². The number of thiocarbonyl (C=S) groups is 1. The first-order chi connectivity index (χ1) is 15.9. The van der Waals surface area contributed by atoms with E-state index >= 15 is 0 Å². The molecule has 0 unspecified atom stereocenters. The standard InChI is InChI=1S/C24H16Cl2N2O3S2/c25-18-7-1-16(2-8-18)14-31-20-11-3-15(4-12-20)13-21-23(30)28(24(32)33-21)27-22(29)17-5-9-19(26)10-6-17/h1-13H,14H2,(H,27,29)/b21-13-. The fourth-order valence-corrected chi connectivity index (χ4v) is 4.32. The summed E-state index contributed by atoms with van der Waals surface area (Å²) < 4.78 is 6.03. The highest BCUT2D eigenvalue weighted by molar-refractivity contribution is 8.26. The van der Waals surface area contributed by atoms with Crippen LogP contribution in [0.15, 0.2) is 77.7 Å². The lowest BCUT2D eigenvalue weighted by Crippen LogP contribution is -2.44. The van der Waals surface area contributed by atoms with Crippen LogP contribution in [0, 0.1) is 0 Å². The van der Waals surface area contributed by atoms with Crippen molar-refractivity contribution in [2.75, 3.05) is 0 Å². The quantitative estimate of drug-likeness (QED) is 0.317. The van der Waals surface area contributed by atoms with Gasteiger partial charge >= 0.3 is 0 Å². The fourth-order valence-electron chi connectivity index (χ4n) is 2.89. The van der Waals surface area contributed by atoms with Crippen LogP contribution in [0.3, 0.4) is 0 Å². The highest BCUT2D eigenvalue weighted by Gasteiger charge is 2.33. The van der Waals surface area contributed by atoms with Gasteiger partial charge in [-0.15, -0.1) is 0 Å². The summed E-state index contributed by atoms with van der Waals surface area (Å²) in [4.78, 5) is 25.6. The van der Waals surface area contributed by atoms with Crippen molar-refractivity contribution in [3.63, 3.8) is 0 Å². The summed E-state index contributed by atoms with van der Waals surface area (Å²) in [5.74, 6) is -0.147. The van der Waals surface area contributed by atoms with Crippen LogP contribution in [-0.4, -0.2) is 21.1 Å². The fraction of sp³-hybridized carbons (Fsp3) is 0.0417. The van der Waals surface area contributed by atoms with Gasteiger partial charge in [0.1, 0.15) is 12.4 Å². The molecule has 0 saturated carbocycles. The number of ether oxygens (including phenoxy) is 1. The van der Waals surface area contributed by atoms with E-state index in [1.165, 1.54) is 0 Å². The normalized spacial score (nSPS) is 14.6. The Labute approximate surface area is 210 Å². The summed E-state index contributed by atoms with van der Waals surface area (Å²) in [6.07, 6.45) is 1.72. The number of benzene rings is 3. The zero-order valence-corrected chi connectivity index (χ0v) is 20.1. The van der Waals surface area contributed by atoms with Gasteiger partial charge < -0.3 is 4.74 Å². The smallest absolute Gasteiger partial charge is 0.285 e. The molecule has 2 amide bonds. The Kier molecular flexibility index (Phi) is 7.35. The molecule has 0 spiro atoms. The Morgan fingerprint density at radius 3 is 2.21 bits per heavy atom. The lowest BCUT2D eigenvalue weighted by molar-refractivity contribution is -0.123. The highest BCUT2D eigenvalue weighted by atomic mass is 35.5. The molecular formula is C24H16Cl2N2O3S2. The number of halogens is 2. The van der Waals surface area contributed by atoms with E-state index in [0.29, 0.717) is 32.9 Å². The summed E-state index contributed by atoms with van der Waals surface area (Å²) in [6, 6.07) is 21.1. The number of hydrazine groups is 1. The van der Waals surface area contributed by atoms with E-state index in [1.54, 1.807) is 30.3 Å². The predicted molar refractivity (Wildman–Crippen MR) is 136 cm³/mol. The molecule has 0 aromatic heterocycles. The number of rotatable bonds is 6. The summed E-state index contributed by atoms with van der Waals surface area (Å²) in [5.41, 5.74) is 4.72. The van der Waals surface area contributed by atoms with Crippen molar-refractivity contribution < 1.29 is 14.3 Å². The van der Waals surface area contributed by atoms with E-state index in [2.05, 4.69) is 5.43 Å². The van der Waals surface area contributed by atoms with Crippen molar-refractivity contribution in [1.29, 1.82) is 0 Å². The average molecular weight is 515 g/mol. The Morgan fingerprint density at radius 1 is 0.970 bits per heavy atom. The maximum atomic E-state index is 12.8. The molecule has 9 heteroatoms. The van der Waals surface area contributed by atoms with Crippen molar-refractivity contribution in [1.82, 2.24) is 10.4 Å². The van der Waals surface area contributed by atoms with Crippen LogP contribution in [0.5, 0.6) is 5.75 Å². The largest absolute Gasteiger partial charge is 0.489 e. The van der Waals surface area contributed by atoms with Gasteiger partial charge in [-0.25, -0.2) is 0 Å². The first kappa shape index (κ1) is 23.3. The number of thioether (sulfide) groups is 1. The number of nitrogens with zero attached hydrogens (tertiary/aromatic N) is 1. The van der Waals surface area contributed by atoms with Crippen LogP contribution in [0.25, 0.3) is 6.08 Å². The molecule has 5 nitrogen and oxygen atoms in total. The van der Waals surface area contributed by atoms with Crippen LogP contribution in [-0.2, 0) is 11.4 Å². The third-order valence-corrected chi connectivity index (χ3v) is 6.42. The minimum atomic E-state index is -0.452. The molecule has 33 heavy (non-hydrogen) atoms. The second-order valence-corrected chi connectivity index (χ2v) is 9.50. The van der Waals surface area contributed by atoms with Gasteiger partial charge in [-0.05, 0) is 78.0 Å². The third kappa shape index (κ3) is 5.94. The molecule has 3 aromatic rings. The molecular weight excluding hydrogens is 499 g/mol. The number of carbonyl (C=O) groups excluding carboxylic acids is 2. The summed E-state index contributed by atoms with van der Waals surface area (Å²) in [5, 5.41) is 2.27. The van der Waals surface area contributed by atoms with Crippen LogP contribution in [0.4, 0.5) is 0 Å². The van der Waals surface area contributed by atoms with E-state index in [-0.39, 0.29) is 4.32 Å². The number of amides is 2. The van der Waals surface area contributed by atoms with Crippen LogP contribution >= 0.6 is 47.2 Å². The zero-order chi connectivity index (χ0) is 23.4. The molecule has 1 N–H and O–H groups in total. The molecule has 0 bridgehead atoms. The molecule has 1 aliphatic rings. The maximum absolute atomic E-state index is 12.8. The Balaban J connectivity index is 1.38. The Bertz CT molecular complexity index is 1230. The second kappa shape index (κ2) is 10.4. The van der Waals surface area contributed by atoms with Gasteiger partial charge in [0, 0.05) is 15.6 Å². The Morgan fingerprint density at radius 2 is 1.58 bits per heavy atom. The minimum Gasteiger partial charge on any atom is -0.489 e. The maximum Gasteiger partial charge on any atom is 0.285 e. The lowest BCUT2D eigenvalue weighted by Gasteiger charge is -2.15. The SMILES string of the molecule is O=C(NN1C(=O)/C(=C/c2ccc(OCc3ccc(Cl)cc3)cc2)SC1=S)c1ccc(Cl)cc1. The Hall–Kier alpha value is -2.84. The summed E-state index contributed by atoms with van der Waals surface area (Å²) in [7, 11) is 0. The predicted octanol–water partition coefficient (Wildman–Crippen LogP) is 6.12. The molecule has 4 rings (SSSR count).